The molecule has 1 aromatic carbocycles. The van der Waals surface area contributed by atoms with Crippen molar-refractivity contribution in [2.75, 3.05) is 6.54 Å². The quantitative estimate of drug-likeness (QED) is 0.871. The maximum atomic E-state index is 13.8. The summed E-state index contributed by atoms with van der Waals surface area (Å²) in [5.74, 6) is -2.25. The fourth-order valence-electron chi connectivity index (χ4n) is 2.21. The molecule has 1 heterocycles. The Bertz CT molecular complexity index is 481. The molecule has 1 aromatic rings. The van der Waals surface area contributed by atoms with E-state index in [0.29, 0.717) is 13.0 Å². The van der Waals surface area contributed by atoms with E-state index >= 15 is 0 Å². The molecule has 1 N–H and O–H groups in total. The molecule has 18 heavy (non-hydrogen) atoms. The smallest absolute Gasteiger partial charge is 0.320 e. The first-order valence-electron chi connectivity index (χ1n) is 5.60. The predicted octanol–water partition coefficient (Wildman–Crippen LogP) is 2.78. The lowest BCUT2D eigenvalue weighted by molar-refractivity contribution is -0.142. The third kappa shape index (κ3) is 2.54. The first-order chi connectivity index (χ1) is 8.50. The molecule has 3 nitrogen and oxygen atoms in total. The Morgan fingerprint density at radius 3 is 2.89 bits per heavy atom. The Hall–Kier alpha value is -1.01. The number of carbonyl (C=O) groups is 1. The zero-order chi connectivity index (χ0) is 13.3. The summed E-state index contributed by atoms with van der Waals surface area (Å²) < 4.78 is 27.5. The first-order valence-corrected chi connectivity index (χ1v) is 6.39. The van der Waals surface area contributed by atoms with Crippen LogP contribution < -0.4 is 0 Å². The number of benzene rings is 1. The van der Waals surface area contributed by atoms with Gasteiger partial charge in [-0.25, -0.2) is 8.78 Å². The second-order valence-electron chi connectivity index (χ2n) is 4.29. The van der Waals surface area contributed by atoms with Crippen LogP contribution in [0.25, 0.3) is 0 Å². The number of rotatable bonds is 3. The predicted molar refractivity (Wildman–Crippen MR) is 65.1 cm³/mol. The van der Waals surface area contributed by atoms with Crippen molar-refractivity contribution in [2.24, 2.45) is 0 Å². The lowest BCUT2D eigenvalue weighted by atomic mass is 10.1. The minimum Gasteiger partial charge on any atom is -0.480 e. The van der Waals surface area contributed by atoms with Gasteiger partial charge in [0, 0.05) is 12.1 Å². The van der Waals surface area contributed by atoms with E-state index in [4.69, 9.17) is 5.11 Å². The number of hydrogen-bond acceptors (Lipinski definition) is 2. The van der Waals surface area contributed by atoms with Gasteiger partial charge in [-0.2, -0.15) is 0 Å². The fraction of sp³-hybridized carbons (Fsp3) is 0.417. The summed E-state index contributed by atoms with van der Waals surface area (Å²) in [4.78, 5) is 12.6. The SMILES string of the molecule is O=C(O)[C@H]1CCCN1Cc1c(F)ccc(Br)c1F. The Labute approximate surface area is 112 Å². The highest BCUT2D eigenvalue weighted by molar-refractivity contribution is 9.10. The number of carboxylic acids is 1. The van der Waals surface area contributed by atoms with Crippen LogP contribution >= 0.6 is 15.9 Å². The number of carboxylic acid groups (broad SMARTS) is 1. The molecule has 0 amide bonds. The molecule has 0 saturated carbocycles. The van der Waals surface area contributed by atoms with Crippen molar-refractivity contribution in [1.82, 2.24) is 4.90 Å². The molecule has 0 spiro atoms. The summed E-state index contributed by atoms with van der Waals surface area (Å²) >= 11 is 3.00. The monoisotopic (exact) mass is 319 g/mol. The third-order valence-corrected chi connectivity index (χ3v) is 3.76. The first kappa shape index (κ1) is 13.4. The molecular formula is C12H12BrF2NO2. The van der Waals surface area contributed by atoms with Gasteiger partial charge < -0.3 is 5.11 Å². The minimum atomic E-state index is -0.941. The summed E-state index contributed by atoms with van der Waals surface area (Å²) in [6.45, 7) is 0.524. The molecule has 98 valence electrons. The van der Waals surface area contributed by atoms with Gasteiger partial charge in [-0.1, -0.05) is 0 Å². The van der Waals surface area contributed by atoms with Crippen LogP contribution in [0.15, 0.2) is 16.6 Å². The number of halogens is 3. The van der Waals surface area contributed by atoms with Crippen LogP contribution in [0.2, 0.25) is 0 Å². The van der Waals surface area contributed by atoms with E-state index in [9.17, 15) is 13.6 Å². The zero-order valence-corrected chi connectivity index (χ0v) is 11.1. The van der Waals surface area contributed by atoms with Crippen molar-refractivity contribution < 1.29 is 18.7 Å². The molecule has 0 aromatic heterocycles. The van der Waals surface area contributed by atoms with Crippen LogP contribution in [0.4, 0.5) is 8.78 Å². The zero-order valence-electron chi connectivity index (χ0n) is 9.50. The topological polar surface area (TPSA) is 40.5 Å². The van der Waals surface area contributed by atoms with Gasteiger partial charge >= 0.3 is 5.97 Å². The van der Waals surface area contributed by atoms with E-state index < -0.39 is 23.6 Å². The van der Waals surface area contributed by atoms with E-state index in [1.807, 2.05) is 0 Å². The second-order valence-corrected chi connectivity index (χ2v) is 5.14. The maximum Gasteiger partial charge on any atom is 0.320 e. The summed E-state index contributed by atoms with van der Waals surface area (Å²) in [5.41, 5.74) is -0.0856. The van der Waals surface area contributed by atoms with Gasteiger partial charge in [0.25, 0.3) is 0 Å². The lowest BCUT2D eigenvalue weighted by Crippen LogP contribution is -2.35. The van der Waals surface area contributed by atoms with Gasteiger partial charge in [-0.3, -0.25) is 9.69 Å². The summed E-state index contributed by atoms with van der Waals surface area (Å²) in [7, 11) is 0. The van der Waals surface area contributed by atoms with E-state index in [0.717, 1.165) is 6.42 Å². The summed E-state index contributed by atoms with van der Waals surface area (Å²) in [6, 6.07) is 1.82. The van der Waals surface area contributed by atoms with Gasteiger partial charge in [0.2, 0.25) is 0 Å². The van der Waals surface area contributed by atoms with Crippen LogP contribution in [-0.4, -0.2) is 28.6 Å². The molecule has 1 atom stereocenters. The van der Waals surface area contributed by atoms with E-state index in [1.54, 1.807) is 4.90 Å². The normalized spacial score (nSPS) is 20.3. The summed E-state index contributed by atoms with van der Waals surface area (Å²) in [5, 5.41) is 9.02. The molecular weight excluding hydrogens is 308 g/mol. The fourth-order valence-corrected chi connectivity index (χ4v) is 2.58. The van der Waals surface area contributed by atoms with E-state index in [1.165, 1.54) is 12.1 Å². The van der Waals surface area contributed by atoms with Crippen LogP contribution in [-0.2, 0) is 11.3 Å². The minimum absolute atomic E-state index is 0.0198. The van der Waals surface area contributed by atoms with Crippen LogP contribution in [0, 0.1) is 11.6 Å². The van der Waals surface area contributed by atoms with Gasteiger partial charge in [0.1, 0.15) is 17.7 Å². The Morgan fingerprint density at radius 1 is 1.50 bits per heavy atom. The number of likely N-dealkylation sites (tertiary alicyclic amines) is 1. The van der Waals surface area contributed by atoms with Crippen molar-refractivity contribution in [1.29, 1.82) is 0 Å². The third-order valence-electron chi connectivity index (χ3n) is 3.15. The van der Waals surface area contributed by atoms with Crippen molar-refractivity contribution in [3.63, 3.8) is 0 Å². The highest BCUT2D eigenvalue weighted by Gasteiger charge is 2.31. The van der Waals surface area contributed by atoms with Crippen LogP contribution in [0.3, 0.4) is 0 Å². The van der Waals surface area contributed by atoms with Crippen molar-refractivity contribution in [3.8, 4) is 0 Å². The van der Waals surface area contributed by atoms with Crippen LogP contribution in [0.1, 0.15) is 18.4 Å². The molecule has 1 aliphatic heterocycles. The molecule has 0 unspecified atom stereocenters. The van der Waals surface area contributed by atoms with Gasteiger partial charge in [0.05, 0.1) is 4.47 Å². The van der Waals surface area contributed by atoms with Crippen LogP contribution in [0.5, 0.6) is 0 Å². The standard InChI is InChI=1S/C12H12BrF2NO2/c13-8-3-4-9(14)7(11(8)15)6-16-5-1-2-10(16)12(17)18/h3-4,10H,1-2,5-6H2,(H,17,18)/t10-/m1/s1. The number of aliphatic carboxylic acids is 1. The average Bonchev–Trinajstić information content (AvgIpc) is 2.78. The number of nitrogens with zero attached hydrogens (tertiary/aromatic N) is 1. The highest BCUT2D eigenvalue weighted by atomic mass is 79.9. The molecule has 1 fully saturated rings. The molecule has 0 bridgehead atoms. The van der Waals surface area contributed by atoms with Gasteiger partial charge in [0.15, 0.2) is 0 Å². The molecule has 2 rings (SSSR count). The maximum absolute atomic E-state index is 13.8. The highest BCUT2D eigenvalue weighted by Crippen LogP contribution is 2.26. The van der Waals surface area contributed by atoms with Gasteiger partial charge in [-0.05, 0) is 47.4 Å². The van der Waals surface area contributed by atoms with Crippen molar-refractivity contribution in [2.45, 2.75) is 25.4 Å². The largest absolute Gasteiger partial charge is 0.480 e. The Balaban J connectivity index is 2.24. The second kappa shape index (κ2) is 5.32. The van der Waals surface area contributed by atoms with Gasteiger partial charge in [-0.15, -0.1) is 0 Å². The van der Waals surface area contributed by atoms with E-state index in [-0.39, 0.29) is 16.6 Å². The molecule has 1 saturated heterocycles. The number of hydrogen-bond donors (Lipinski definition) is 1. The molecule has 1 aliphatic rings. The van der Waals surface area contributed by atoms with E-state index in [2.05, 4.69) is 15.9 Å². The molecule has 0 radical (unpaired) electrons. The Kier molecular flexibility index (Phi) is 3.97. The lowest BCUT2D eigenvalue weighted by Gasteiger charge is -2.21. The van der Waals surface area contributed by atoms with Crippen molar-refractivity contribution in [3.05, 3.63) is 33.8 Å². The molecule has 6 heteroatoms. The molecule has 0 aliphatic carbocycles. The Morgan fingerprint density at radius 2 is 2.22 bits per heavy atom. The average molecular weight is 320 g/mol. The summed E-state index contributed by atoms with van der Waals surface area (Å²) in [6.07, 6.45) is 1.25. The van der Waals surface area contributed by atoms with Crippen molar-refractivity contribution >= 4 is 21.9 Å².